The summed E-state index contributed by atoms with van der Waals surface area (Å²) in [6.07, 6.45) is 0. The molecule has 1 unspecified atom stereocenters. The van der Waals surface area contributed by atoms with Gasteiger partial charge in [-0.05, 0) is 12.3 Å². The lowest BCUT2D eigenvalue weighted by Crippen LogP contribution is -2.40. The first-order valence-corrected chi connectivity index (χ1v) is 6.00. The number of hydrogen-bond donors (Lipinski definition) is 1. The Kier molecular flexibility index (Phi) is 4.32. The fourth-order valence-corrected chi connectivity index (χ4v) is 1.46. The van der Waals surface area contributed by atoms with Crippen molar-refractivity contribution in [2.24, 2.45) is 5.41 Å². The smallest absolute Gasteiger partial charge is 0.322 e. The summed E-state index contributed by atoms with van der Waals surface area (Å²) in [7, 11) is 5.29. The second-order valence-electron chi connectivity index (χ2n) is 5.35. The van der Waals surface area contributed by atoms with Gasteiger partial charge in [-0.3, -0.25) is 0 Å². The Hall–Kier alpha value is -1.59. The van der Waals surface area contributed by atoms with Gasteiger partial charge in [-0.15, -0.1) is 0 Å². The van der Waals surface area contributed by atoms with Crippen LogP contribution in [0.1, 0.15) is 27.7 Å². The Morgan fingerprint density at radius 2 is 1.83 bits per heavy atom. The molecule has 1 heterocycles. The predicted molar refractivity (Wildman–Crippen MR) is 73.2 cm³/mol. The van der Waals surface area contributed by atoms with Gasteiger partial charge in [0.1, 0.15) is 0 Å². The van der Waals surface area contributed by atoms with Crippen molar-refractivity contribution in [2.45, 2.75) is 33.7 Å². The van der Waals surface area contributed by atoms with Crippen molar-refractivity contribution in [1.29, 1.82) is 0 Å². The SMILES string of the molecule is CNc1nc(OC)nc(N(C)C(C)C(C)(C)C)n1. The van der Waals surface area contributed by atoms with Gasteiger partial charge in [-0.1, -0.05) is 20.8 Å². The van der Waals surface area contributed by atoms with Gasteiger partial charge in [0.15, 0.2) is 0 Å². The summed E-state index contributed by atoms with van der Waals surface area (Å²) < 4.78 is 5.08. The van der Waals surface area contributed by atoms with Crippen LogP contribution in [-0.2, 0) is 0 Å². The molecule has 1 atom stereocenters. The van der Waals surface area contributed by atoms with E-state index in [2.05, 4.69) is 48.0 Å². The molecule has 1 aromatic rings. The fraction of sp³-hybridized carbons (Fsp3) is 0.750. The average molecular weight is 253 g/mol. The van der Waals surface area contributed by atoms with Crippen LogP contribution in [0, 0.1) is 5.41 Å². The third kappa shape index (κ3) is 3.21. The van der Waals surface area contributed by atoms with Gasteiger partial charge >= 0.3 is 6.01 Å². The first kappa shape index (κ1) is 14.5. The highest BCUT2D eigenvalue weighted by atomic mass is 16.5. The number of hydrogen-bond acceptors (Lipinski definition) is 6. The molecule has 0 aliphatic carbocycles. The molecule has 102 valence electrons. The van der Waals surface area contributed by atoms with Gasteiger partial charge < -0.3 is 15.0 Å². The zero-order valence-corrected chi connectivity index (χ0v) is 12.3. The van der Waals surface area contributed by atoms with E-state index < -0.39 is 0 Å². The molecule has 1 aromatic heterocycles. The van der Waals surface area contributed by atoms with Crippen LogP contribution in [0.4, 0.5) is 11.9 Å². The molecule has 0 aromatic carbocycles. The summed E-state index contributed by atoms with van der Waals surface area (Å²) in [4.78, 5) is 14.7. The van der Waals surface area contributed by atoms with Gasteiger partial charge in [-0.25, -0.2) is 0 Å². The average Bonchev–Trinajstić information content (AvgIpc) is 2.35. The summed E-state index contributed by atoms with van der Waals surface area (Å²) in [5.41, 5.74) is 0.133. The van der Waals surface area contributed by atoms with Crippen molar-refractivity contribution >= 4 is 11.9 Å². The summed E-state index contributed by atoms with van der Waals surface area (Å²) in [5, 5.41) is 2.91. The molecule has 0 bridgehead atoms. The van der Waals surface area contributed by atoms with E-state index in [0.29, 0.717) is 17.9 Å². The van der Waals surface area contributed by atoms with Gasteiger partial charge in [0.25, 0.3) is 0 Å². The molecule has 0 fully saturated rings. The topological polar surface area (TPSA) is 63.2 Å². The number of nitrogens with zero attached hydrogens (tertiary/aromatic N) is 4. The van der Waals surface area contributed by atoms with E-state index >= 15 is 0 Å². The summed E-state index contributed by atoms with van der Waals surface area (Å²) in [6.45, 7) is 8.71. The molecule has 18 heavy (non-hydrogen) atoms. The van der Waals surface area contributed by atoms with E-state index in [9.17, 15) is 0 Å². The number of anilines is 2. The second kappa shape index (κ2) is 5.37. The largest absolute Gasteiger partial charge is 0.467 e. The minimum absolute atomic E-state index is 0.133. The van der Waals surface area contributed by atoms with Gasteiger partial charge in [0, 0.05) is 20.1 Å². The predicted octanol–water partition coefficient (Wildman–Crippen LogP) is 1.79. The van der Waals surface area contributed by atoms with Crippen molar-refractivity contribution in [3.05, 3.63) is 0 Å². The molecule has 6 nitrogen and oxygen atoms in total. The number of nitrogens with one attached hydrogen (secondary N) is 1. The second-order valence-corrected chi connectivity index (χ2v) is 5.35. The maximum Gasteiger partial charge on any atom is 0.322 e. The van der Waals surface area contributed by atoms with E-state index in [1.807, 2.05) is 11.9 Å². The fourth-order valence-electron chi connectivity index (χ4n) is 1.46. The van der Waals surface area contributed by atoms with Gasteiger partial charge in [0.05, 0.1) is 7.11 Å². The Morgan fingerprint density at radius 1 is 1.22 bits per heavy atom. The number of aromatic nitrogens is 3. The number of ether oxygens (including phenoxy) is 1. The first-order chi connectivity index (χ1) is 8.29. The van der Waals surface area contributed by atoms with E-state index in [-0.39, 0.29) is 11.5 Å². The molecule has 6 heteroatoms. The Labute approximate surface area is 109 Å². The van der Waals surface area contributed by atoms with E-state index in [1.54, 1.807) is 14.2 Å². The standard InChI is InChI=1S/C12H23N5O/c1-8(12(2,3)4)17(6)10-14-9(13-5)15-11(16-10)18-7/h8H,1-7H3,(H,13,14,15,16). The summed E-state index contributed by atoms with van der Waals surface area (Å²) in [5.74, 6) is 1.11. The van der Waals surface area contributed by atoms with Crippen LogP contribution in [-0.4, -0.2) is 42.2 Å². The quantitative estimate of drug-likeness (QED) is 0.882. The third-order valence-electron chi connectivity index (χ3n) is 3.16. The van der Waals surface area contributed by atoms with Crippen molar-refractivity contribution in [2.75, 3.05) is 31.4 Å². The Morgan fingerprint density at radius 3 is 2.28 bits per heavy atom. The zero-order valence-electron chi connectivity index (χ0n) is 12.3. The molecule has 0 spiro atoms. The van der Waals surface area contributed by atoms with E-state index in [4.69, 9.17) is 4.74 Å². The number of rotatable bonds is 4. The van der Waals surface area contributed by atoms with Crippen molar-refractivity contribution in [3.8, 4) is 6.01 Å². The molecular weight excluding hydrogens is 230 g/mol. The van der Waals surface area contributed by atoms with Crippen LogP contribution in [0.2, 0.25) is 0 Å². The van der Waals surface area contributed by atoms with Crippen LogP contribution < -0.4 is 15.0 Å². The van der Waals surface area contributed by atoms with Gasteiger partial charge in [-0.2, -0.15) is 15.0 Å². The van der Waals surface area contributed by atoms with Gasteiger partial charge in [0.2, 0.25) is 11.9 Å². The minimum atomic E-state index is 0.133. The maximum atomic E-state index is 5.08. The zero-order chi connectivity index (χ0) is 13.9. The Bertz CT molecular complexity index is 380. The molecule has 0 saturated heterocycles. The van der Waals surface area contributed by atoms with Crippen LogP contribution in [0.3, 0.4) is 0 Å². The van der Waals surface area contributed by atoms with E-state index in [0.717, 1.165) is 0 Å². The molecule has 0 radical (unpaired) electrons. The molecule has 0 saturated carbocycles. The van der Waals surface area contributed by atoms with Crippen molar-refractivity contribution in [3.63, 3.8) is 0 Å². The highest BCUT2D eigenvalue weighted by Crippen LogP contribution is 2.26. The highest BCUT2D eigenvalue weighted by Gasteiger charge is 2.26. The molecule has 0 aliphatic rings. The third-order valence-corrected chi connectivity index (χ3v) is 3.16. The number of methoxy groups -OCH3 is 1. The van der Waals surface area contributed by atoms with Crippen LogP contribution in [0.15, 0.2) is 0 Å². The van der Waals surface area contributed by atoms with Crippen molar-refractivity contribution < 1.29 is 4.74 Å². The molecule has 0 amide bonds. The highest BCUT2D eigenvalue weighted by molar-refractivity contribution is 5.38. The lowest BCUT2D eigenvalue weighted by atomic mass is 9.87. The summed E-state index contributed by atoms with van der Waals surface area (Å²) >= 11 is 0. The lowest BCUT2D eigenvalue weighted by Gasteiger charge is -2.35. The van der Waals surface area contributed by atoms with Crippen LogP contribution in [0.5, 0.6) is 6.01 Å². The van der Waals surface area contributed by atoms with E-state index in [1.165, 1.54) is 0 Å². The normalized spacial score (nSPS) is 13.1. The monoisotopic (exact) mass is 253 g/mol. The van der Waals surface area contributed by atoms with Crippen LogP contribution in [0.25, 0.3) is 0 Å². The molecule has 1 N–H and O–H groups in total. The lowest BCUT2D eigenvalue weighted by molar-refractivity contribution is 0.325. The maximum absolute atomic E-state index is 5.08. The van der Waals surface area contributed by atoms with Crippen molar-refractivity contribution in [1.82, 2.24) is 15.0 Å². The minimum Gasteiger partial charge on any atom is -0.467 e. The molecular formula is C12H23N5O. The van der Waals surface area contributed by atoms with Crippen LogP contribution >= 0.6 is 0 Å². The molecule has 1 rings (SSSR count). The summed E-state index contributed by atoms with van der Waals surface area (Å²) in [6, 6.07) is 0.603. The Balaban J connectivity index is 3.08. The molecule has 0 aliphatic heterocycles. The first-order valence-electron chi connectivity index (χ1n) is 6.00.